The Labute approximate surface area is 116 Å². The van der Waals surface area contributed by atoms with Gasteiger partial charge in [0.2, 0.25) is 0 Å². The third-order valence-electron chi connectivity index (χ3n) is 2.91. The quantitative estimate of drug-likeness (QED) is 0.618. The summed E-state index contributed by atoms with van der Waals surface area (Å²) < 4.78 is 10.3. The smallest absolute Gasteiger partial charge is 0.267 e. The molecule has 20 heavy (non-hydrogen) atoms. The third kappa shape index (κ3) is 2.90. The summed E-state index contributed by atoms with van der Waals surface area (Å²) >= 11 is 0. The Morgan fingerprint density at radius 1 is 1.15 bits per heavy atom. The van der Waals surface area contributed by atoms with E-state index < -0.39 is 0 Å². The monoisotopic (exact) mass is 276 g/mol. The predicted molar refractivity (Wildman–Crippen MR) is 73.0 cm³/mol. The Morgan fingerprint density at radius 2 is 1.85 bits per heavy atom. The number of ether oxygens (including phenoxy) is 2. The van der Waals surface area contributed by atoms with Crippen LogP contribution in [0.2, 0.25) is 0 Å². The lowest BCUT2D eigenvalue weighted by molar-refractivity contribution is -0.118. The summed E-state index contributed by atoms with van der Waals surface area (Å²) in [6, 6.07) is 4.86. The fourth-order valence-corrected chi connectivity index (χ4v) is 1.87. The summed E-state index contributed by atoms with van der Waals surface area (Å²) in [5.74, 6) is 0.471. The molecule has 1 fully saturated rings. The maximum Gasteiger partial charge on any atom is 0.267 e. The van der Waals surface area contributed by atoms with Gasteiger partial charge in [-0.05, 0) is 18.2 Å². The molecule has 0 unspecified atom stereocenters. The first-order chi connectivity index (χ1) is 9.65. The largest absolute Gasteiger partial charge is 0.493 e. The molecule has 1 saturated heterocycles. The average Bonchev–Trinajstić information content (AvgIpc) is 2.48. The van der Waals surface area contributed by atoms with E-state index in [-0.39, 0.29) is 17.4 Å². The van der Waals surface area contributed by atoms with E-state index in [1.807, 2.05) is 0 Å². The van der Waals surface area contributed by atoms with Gasteiger partial charge in [-0.1, -0.05) is 0 Å². The van der Waals surface area contributed by atoms with E-state index in [0.29, 0.717) is 30.2 Å². The lowest BCUT2D eigenvalue weighted by Crippen LogP contribution is -2.43. The zero-order chi connectivity index (χ0) is 14.5. The van der Waals surface area contributed by atoms with Crippen molar-refractivity contribution in [3.05, 3.63) is 35.5 Å². The third-order valence-corrected chi connectivity index (χ3v) is 2.91. The van der Waals surface area contributed by atoms with Crippen molar-refractivity contribution in [3.63, 3.8) is 0 Å². The minimum absolute atomic E-state index is 0.273. The lowest BCUT2D eigenvalue weighted by atomic mass is 10.1. The van der Waals surface area contributed by atoms with E-state index in [1.165, 1.54) is 20.3 Å². The second kappa shape index (κ2) is 6.10. The molecule has 6 nitrogen and oxygen atoms in total. The van der Waals surface area contributed by atoms with Gasteiger partial charge in [0.15, 0.2) is 17.3 Å². The standard InChI is InChI=1S/C14H16N2O4/c1-19-12-4-3-9(7-13(12)20-2)11(17)8-10-14(18)16-6-5-15-10/h3-4,7-8,15H,5-6H2,1-2H3,(H,16,18)/b10-8+. The fraction of sp³-hybridized carbons (Fsp3) is 0.286. The molecule has 1 amide bonds. The van der Waals surface area contributed by atoms with Gasteiger partial charge in [-0.2, -0.15) is 0 Å². The molecule has 0 aliphatic carbocycles. The maximum absolute atomic E-state index is 12.1. The number of ketones is 1. The van der Waals surface area contributed by atoms with Crippen LogP contribution >= 0.6 is 0 Å². The van der Waals surface area contributed by atoms with Crippen LogP contribution in [-0.4, -0.2) is 39.0 Å². The second-order valence-corrected chi connectivity index (χ2v) is 4.17. The topological polar surface area (TPSA) is 76.7 Å². The molecule has 1 aromatic rings. The highest BCUT2D eigenvalue weighted by Gasteiger charge is 2.16. The number of piperazine rings is 1. The van der Waals surface area contributed by atoms with Gasteiger partial charge in [-0.3, -0.25) is 9.59 Å². The van der Waals surface area contributed by atoms with Crippen molar-refractivity contribution in [1.29, 1.82) is 0 Å². The molecular weight excluding hydrogens is 260 g/mol. The number of carbonyl (C=O) groups is 2. The van der Waals surface area contributed by atoms with Crippen molar-refractivity contribution in [2.45, 2.75) is 0 Å². The van der Waals surface area contributed by atoms with E-state index in [9.17, 15) is 9.59 Å². The number of hydrogen-bond acceptors (Lipinski definition) is 5. The van der Waals surface area contributed by atoms with Crippen LogP contribution in [0.15, 0.2) is 30.0 Å². The van der Waals surface area contributed by atoms with Crippen LogP contribution in [0.25, 0.3) is 0 Å². The number of benzene rings is 1. The van der Waals surface area contributed by atoms with Gasteiger partial charge in [-0.25, -0.2) is 0 Å². The summed E-state index contributed by atoms with van der Waals surface area (Å²) in [4.78, 5) is 23.7. The zero-order valence-corrected chi connectivity index (χ0v) is 11.4. The fourth-order valence-electron chi connectivity index (χ4n) is 1.87. The molecule has 0 saturated carbocycles. The summed E-state index contributed by atoms with van der Waals surface area (Å²) in [6.45, 7) is 1.16. The van der Waals surface area contributed by atoms with Crippen molar-refractivity contribution in [1.82, 2.24) is 10.6 Å². The second-order valence-electron chi connectivity index (χ2n) is 4.17. The van der Waals surface area contributed by atoms with E-state index in [4.69, 9.17) is 9.47 Å². The molecule has 0 aromatic heterocycles. The molecular formula is C14H16N2O4. The first kappa shape index (κ1) is 13.9. The van der Waals surface area contributed by atoms with Gasteiger partial charge < -0.3 is 20.1 Å². The van der Waals surface area contributed by atoms with Crippen LogP contribution in [-0.2, 0) is 4.79 Å². The summed E-state index contributed by atoms with van der Waals surface area (Å²) in [5, 5.41) is 5.56. The van der Waals surface area contributed by atoms with Crippen LogP contribution in [0.1, 0.15) is 10.4 Å². The minimum atomic E-state index is -0.273. The Hall–Kier alpha value is -2.50. The number of carbonyl (C=O) groups excluding carboxylic acids is 2. The Morgan fingerprint density at radius 3 is 2.50 bits per heavy atom. The van der Waals surface area contributed by atoms with Crippen LogP contribution in [0, 0.1) is 0 Å². The Balaban J connectivity index is 2.25. The molecule has 1 aliphatic heterocycles. The molecule has 6 heteroatoms. The highest BCUT2D eigenvalue weighted by Crippen LogP contribution is 2.27. The molecule has 1 aliphatic rings. The zero-order valence-electron chi connectivity index (χ0n) is 11.4. The molecule has 0 bridgehead atoms. The number of nitrogens with one attached hydrogen (secondary N) is 2. The summed E-state index contributed by atoms with van der Waals surface area (Å²) in [5.41, 5.74) is 0.700. The highest BCUT2D eigenvalue weighted by molar-refractivity contribution is 6.09. The number of methoxy groups -OCH3 is 2. The molecule has 0 atom stereocenters. The van der Waals surface area contributed by atoms with E-state index in [2.05, 4.69) is 10.6 Å². The molecule has 106 valence electrons. The van der Waals surface area contributed by atoms with Gasteiger partial charge in [0.1, 0.15) is 5.70 Å². The first-order valence-electron chi connectivity index (χ1n) is 6.16. The minimum Gasteiger partial charge on any atom is -0.493 e. The van der Waals surface area contributed by atoms with Crippen molar-refractivity contribution in [2.24, 2.45) is 0 Å². The van der Waals surface area contributed by atoms with Crippen LogP contribution < -0.4 is 20.1 Å². The number of hydrogen-bond donors (Lipinski definition) is 2. The van der Waals surface area contributed by atoms with Gasteiger partial charge in [0.25, 0.3) is 5.91 Å². The van der Waals surface area contributed by atoms with Gasteiger partial charge in [-0.15, -0.1) is 0 Å². The molecule has 0 radical (unpaired) electrons. The van der Waals surface area contributed by atoms with Gasteiger partial charge in [0.05, 0.1) is 14.2 Å². The Bertz CT molecular complexity index is 566. The number of allylic oxidation sites excluding steroid dienone is 1. The number of amides is 1. The summed E-state index contributed by atoms with van der Waals surface area (Å²) in [6.07, 6.45) is 1.29. The molecule has 0 spiro atoms. The molecule has 1 aromatic carbocycles. The average molecular weight is 276 g/mol. The van der Waals surface area contributed by atoms with Crippen LogP contribution in [0.3, 0.4) is 0 Å². The van der Waals surface area contributed by atoms with Crippen LogP contribution in [0.4, 0.5) is 0 Å². The molecule has 1 heterocycles. The van der Waals surface area contributed by atoms with Gasteiger partial charge in [0, 0.05) is 24.7 Å². The number of rotatable bonds is 4. The van der Waals surface area contributed by atoms with Crippen molar-refractivity contribution >= 4 is 11.7 Å². The van der Waals surface area contributed by atoms with E-state index >= 15 is 0 Å². The maximum atomic E-state index is 12.1. The summed E-state index contributed by atoms with van der Waals surface area (Å²) in [7, 11) is 3.03. The Kier molecular flexibility index (Phi) is 4.24. The first-order valence-corrected chi connectivity index (χ1v) is 6.16. The lowest BCUT2D eigenvalue weighted by Gasteiger charge is -2.16. The van der Waals surface area contributed by atoms with E-state index in [0.717, 1.165) is 0 Å². The highest BCUT2D eigenvalue weighted by atomic mass is 16.5. The van der Waals surface area contributed by atoms with Crippen molar-refractivity contribution < 1.29 is 19.1 Å². The van der Waals surface area contributed by atoms with Crippen molar-refractivity contribution in [3.8, 4) is 11.5 Å². The van der Waals surface area contributed by atoms with E-state index in [1.54, 1.807) is 18.2 Å². The van der Waals surface area contributed by atoms with Gasteiger partial charge >= 0.3 is 0 Å². The SMILES string of the molecule is COc1ccc(C(=O)/C=C2/NCCNC2=O)cc1OC. The predicted octanol–water partition coefficient (Wildman–Crippen LogP) is 0.490. The molecule has 2 rings (SSSR count). The van der Waals surface area contributed by atoms with Crippen molar-refractivity contribution in [2.75, 3.05) is 27.3 Å². The molecule has 2 N–H and O–H groups in total. The van der Waals surface area contributed by atoms with Crippen LogP contribution in [0.5, 0.6) is 11.5 Å². The normalized spacial score (nSPS) is 16.3.